The van der Waals surface area contributed by atoms with Crippen LogP contribution in [0.3, 0.4) is 0 Å². The van der Waals surface area contributed by atoms with Gasteiger partial charge in [-0.25, -0.2) is 0 Å². The number of nitrogens with zero attached hydrogens (tertiary/aromatic N) is 4. The monoisotopic (exact) mass is 487 g/mol. The van der Waals surface area contributed by atoms with Gasteiger partial charge in [0.2, 0.25) is 0 Å². The van der Waals surface area contributed by atoms with Crippen molar-refractivity contribution in [2.24, 2.45) is 7.05 Å². The zero-order valence-corrected chi connectivity index (χ0v) is 20.4. The number of aromatic nitrogens is 5. The number of aryl methyl sites for hydroxylation is 1. The molecule has 3 N–H and O–H groups in total. The van der Waals surface area contributed by atoms with Crippen LogP contribution in [0.15, 0.2) is 65.8 Å². The first-order chi connectivity index (χ1) is 17.0. The molecule has 0 aliphatic rings. The normalized spacial score (nSPS) is 12.2. The largest absolute Gasteiger partial charge is 0.359 e. The number of fused-ring (bicyclic) bond motifs is 1. The predicted octanol–water partition coefficient (Wildman–Crippen LogP) is 3.39. The van der Waals surface area contributed by atoms with E-state index < -0.39 is 0 Å². The zero-order valence-electron chi connectivity index (χ0n) is 19.6. The molecule has 1 amide bonds. The van der Waals surface area contributed by atoms with Crippen LogP contribution in [0.5, 0.6) is 0 Å². The highest BCUT2D eigenvalue weighted by Crippen LogP contribution is 2.33. The number of hydrogen-bond acceptors (Lipinski definition) is 6. The van der Waals surface area contributed by atoms with Crippen molar-refractivity contribution in [3.05, 3.63) is 87.5 Å². The van der Waals surface area contributed by atoms with Gasteiger partial charge < -0.3 is 15.6 Å². The number of carbonyl (C=O) groups excluding carboxylic acids is 1. The van der Waals surface area contributed by atoms with Crippen molar-refractivity contribution in [1.82, 2.24) is 35.2 Å². The van der Waals surface area contributed by atoms with E-state index in [1.165, 1.54) is 22.0 Å². The number of hydrogen-bond donors (Lipinski definition) is 3. The molecule has 5 aromatic rings. The minimum atomic E-state index is -0.367. The second kappa shape index (κ2) is 9.32. The summed E-state index contributed by atoms with van der Waals surface area (Å²) in [4.78, 5) is 31.4. The summed E-state index contributed by atoms with van der Waals surface area (Å²) in [5.74, 6) is -0.367. The number of nitrogens with one attached hydrogen (secondary N) is 3. The number of rotatable bonds is 7. The van der Waals surface area contributed by atoms with Gasteiger partial charge >= 0.3 is 0 Å². The van der Waals surface area contributed by atoms with Gasteiger partial charge in [-0.1, -0.05) is 24.3 Å². The third kappa shape index (κ3) is 4.29. The number of carbonyl (C=O) groups is 1. The maximum atomic E-state index is 13.3. The molecule has 0 saturated heterocycles. The quantitative estimate of drug-likeness (QED) is 0.326. The topological polar surface area (TPSA) is 110 Å². The van der Waals surface area contributed by atoms with Crippen molar-refractivity contribution in [1.29, 1.82) is 0 Å². The van der Waals surface area contributed by atoms with Gasteiger partial charge in [-0.3, -0.25) is 14.3 Å². The van der Waals surface area contributed by atoms with Crippen LogP contribution in [-0.2, 0) is 13.6 Å². The van der Waals surface area contributed by atoms with E-state index in [1.54, 1.807) is 41.5 Å². The Morgan fingerprint density at radius 3 is 2.80 bits per heavy atom. The molecule has 0 radical (unpaired) electrons. The molecular weight excluding hydrogens is 462 g/mol. The van der Waals surface area contributed by atoms with Crippen LogP contribution in [0.1, 0.15) is 33.9 Å². The van der Waals surface area contributed by atoms with Crippen LogP contribution in [-0.4, -0.2) is 37.5 Å². The summed E-state index contributed by atoms with van der Waals surface area (Å²) in [6.07, 6.45) is 4.85. The summed E-state index contributed by atoms with van der Waals surface area (Å²) in [6.45, 7) is 2.72. The Morgan fingerprint density at radius 2 is 2.03 bits per heavy atom. The first-order valence-corrected chi connectivity index (χ1v) is 12.0. The smallest absolute Gasteiger partial charge is 0.281 e. The molecule has 10 heteroatoms. The van der Waals surface area contributed by atoms with E-state index in [1.807, 2.05) is 32.2 Å². The molecule has 35 heavy (non-hydrogen) atoms. The van der Waals surface area contributed by atoms with Crippen LogP contribution in [0.4, 0.5) is 0 Å². The molecule has 0 unspecified atom stereocenters. The molecule has 1 atom stereocenters. The van der Waals surface area contributed by atoms with Crippen LogP contribution in [0.2, 0.25) is 0 Å². The number of H-pyrrole nitrogens is 1. The maximum absolute atomic E-state index is 13.3. The molecule has 1 aromatic carbocycles. The van der Waals surface area contributed by atoms with E-state index in [-0.39, 0.29) is 23.2 Å². The van der Waals surface area contributed by atoms with Crippen LogP contribution < -0.4 is 16.2 Å². The fraction of sp³-hybridized carbons (Fsp3) is 0.200. The summed E-state index contributed by atoms with van der Waals surface area (Å²) in [6, 6.07) is 13.8. The van der Waals surface area contributed by atoms with Crippen molar-refractivity contribution in [3.8, 4) is 16.1 Å². The lowest BCUT2D eigenvalue weighted by Gasteiger charge is -2.13. The minimum absolute atomic E-state index is 0.149. The molecule has 0 aliphatic heterocycles. The van der Waals surface area contributed by atoms with Crippen molar-refractivity contribution >= 4 is 28.1 Å². The number of thiophene rings is 1. The molecule has 0 fully saturated rings. The maximum Gasteiger partial charge on any atom is 0.281 e. The molecule has 0 saturated carbocycles. The number of amides is 1. The van der Waals surface area contributed by atoms with Crippen molar-refractivity contribution in [2.45, 2.75) is 19.5 Å². The Bertz CT molecular complexity index is 1580. The zero-order chi connectivity index (χ0) is 24.5. The van der Waals surface area contributed by atoms with Crippen molar-refractivity contribution in [3.63, 3.8) is 0 Å². The fourth-order valence-electron chi connectivity index (χ4n) is 4.08. The fourth-order valence-corrected chi connectivity index (χ4v) is 5.15. The SMILES string of the molecule is CNCc1ccccc1-c1ccc([C@@H](C)NC(=O)c2nn(-c3cnn(C)c3)c(=O)c3cc[nH]c23)s1. The van der Waals surface area contributed by atoms with Gasteiger partial charge in [0.25, 0.3) is 11.5 Å². The number of benzene rings is 1. The molecule has 9 nitrogen and oxygen atoms in total. The summed E-state index contributed by atoms with van der Waals surface area (Å²) in [5.41, 5.74) is 3.13. The Balaban J connectivity index is 1.44. The molecule has 0 bridgehead atoms. The lowest BCUT2D eigenvalue weighted by molar-refractivity contribution is 0.0935. The first-order valence-electron chi connectivity index (χ1n) is 11.2. The highest BCUT2D eigenvalue weighted by atomic mass is 32.1. The van der Waals surface area contributed by atoms with E-state index in [9.17, 15) is 9.59 Å². The van der Waals surface area contributed by atoms with E-state index in [0.29, 0.717) is 16.6 Å². The Labute approximate surface area is 205 Å². The van der Waals surface area contributed by atoms with Gasteiger partial charge in [-0.2, -0.15) is 14.9 Å². The highest BCUT2D eigenvalue weighted by Gasteiger charge is 2.22. The van der Waals surface area contributed by atoms with Crippen LogP contribution >= 0.6 is 11.3 Å². The summed E-state index contributed by atoms with van der Waals surface area (Å²) in [7, 11) is 3.69. The standard InChI is InChI=1S/C25H25N7O2S/c1-15(20-8-9-21(35-20)18-7-5-4-6-16(18)12-26-2)29-24(33)23-22-19(10-11-27-22)25(34)32(30-23)17-13-28-31(3)14-17/h4-11,13-15,26-27H,12H2,1-3H3,(H,29,33)/t15-/m1/s1. The Kier molecular flexibility index (Phi) is 6.06. The van der Waals surface area contributed by atoms with Gasteiger partial charge in [-0.15, -0.1) is 11.3 Å². The van der Waals surface area contributed by atoms with Crippen LogP contribution in [0, 0.1) is 0 Å². The second-order valence-electron chi connectivity index (χ2n) is 8.29. The summed E-state index contributed by atoms with van der Waals surface area (Å²) >= 11 is 1.64. The molecule has 4 aromatic heterocycles. The van der Waals surface area contributed by atoms with E-state index >= 15 is 0 Å². The molecule has 178 valence electrons. The molecule has 0 aliphatic carbocycles. The van der Waals surface area contributed by atoms with E-state index in [2.05, 4.69) is 44.0 Å². The highest BCUT2D eigenvalue weighted by molar-refractivity contribution is 7.15. The van der Waals surface area contributed by atoms with Gasteiger partial charge in [0.1, 0.15) is 5.69 Å². The number of aromatic amines is 1. The molecule has 0 spiro atoms. The summed E-state index contributed by atoms with van der Waals surface area (Å²) in [5, 5.41) is 15.2. The molecule has 4 heterocycles. The third-order valence-electron chi connectivity index (χ3n) is 5.81. The van der Waals surface area contributed by atoms with Gasteiger partial charge in [0, 0.05) is 29.5 Å². The van der Waals surface area contributed by atoms with Gasteiger partial charge in [0.15, 0.2) is 5.69 Å². The van der Waals surface area contributed by atoms with Crippen molar-refractivity contribution < 1.29 is 4.79 Å². The first kappa shape index (κ1) is 22.8. The summed E-state index contributed by atoms with van der Waals surface area (Å²) < 4.78 is 2.79. The third-order valence-corrected chi connectivity index (χ3v) is 7.11. The molecule has 5 rings (SSSR count). The van der Waals surface area contributed by atoms with E-state index in [4.69, 9.17) is 0 Å². The average Bonchev–Trinajstić information content (AvgIpc) is 3.61. The lowest BCUT2D eigenvalue weighted by atomic mass is 10.1. The van der Waals surface area contributed by atoms with Gasteiger partial charge in [0.05, 0.1) is 29.3 Å². The average molecular weight is 488 g/mol. The van der Waals surface area contributed by atoms with E-state index in [0.717, 1.165) is 16.3 Å². The Morgan fingerprint density at radius 1 is 1.20 bits per heavy atom. The molecular formula is C25H25N7O2S. The van der Waals surface area contributed by atoms with Gasteiger partial charge in [-0.05, 0) is 43.3 Å². The minimum Gasteiger partial charge on any atom is -0.359 e. The van der Waals surface area contributed by atoms with Crippen molar-refractivity contribution in [2.75, 3.05) is 7.05 Å². The lowest BCUT2D eigenvalue weighted by Crippen LogP contribution is -2.31. The predicted molar refractivity (Wildman–Crippen MR) is 137 cm³/mol. The Hall–Kier alpha value is -4.02. The van der Waals surface area contributed by atoms with Crippen LogP contribution in [0.25, 0.3) is 27.0 Å². The second-order valence-corrected chi connectivity index (χ2v) is 9.40.